The van der Waals surface area contributed by atoms with E-state index in [1.165, 1.54) is 10.4 Å². The van der Waals surface area contributed by atoms with Gasteiger partial charge in [0.05, 0.1) is 12.7 Å². The number of anilines is 1. The van der Waals surface area contributed by atoms with E-state index in [0.29, 0.717) is 18.3 Å². The first-order valence-corrected chi connectivity index (χ1v) is 10.8. The van der Waals surface area contributed by atoms with Crippen LogP contribution in [0.4, 0.5) is 14.5 Å². The van der Waals surface area contributed by atoms with E-state index in [2.05, 4.69) is 37.5 Å². The quantitative estimate of drug-likeness (QED) is 0.483. The SMILES string of the molecule is COc1ccc(N2CCN(CCc3nnnn3C(C)C(=O)c3ccc(F)cc3F)CC2)cc1. The number of Topliss-reactive ketones (excluding diaryl/α,β-unsaturated/α-hetero) is 1. The lowest BCUT2D eigenvalue weighted by Gasteiger charge is -2.36. The molecule has 3 aromatic rings. The van der Waals surface area contributed by atoms with Gasteiger partial charge in [-0.05, 0) is 53.7 Å². The number of methoxy groups -OCH3 is 1. The largest absolute Gasteiger partial charge is 0.497 e. The minimum absolute atomic E-state index is 0.181. The van der Waals surface area contributed by atoms with Crippen molar-refractivity contribution in [1.29, 1.82) is 0 Å². The third-order valence-electron chi connectivity index (χ3n) is 5.97. The van der Waals surface area contributed by atoms with Crippen LogP contribution in [0.3, 0.4) is 0 Å². The van der Waals surface area contributed by atoms with Gasteiger partial charge in [0.1, 0.15) is 23.4 Å². The van der Waals surface area contributed by atoms with Gasteiger partial charge in [0.15, 0.2) is 11.6 Å². The number of carbonyl (C=O) groups excluding carboxylic acids is 1. The number of piperazine rings is 1. The summed E-state index contributed by atoms with van der Waals surface area (Å²) in [6.07, 6.45) is 0.555. The molecule has 0 spiro atoms. The second kappa shape index (κ2) is 10.0. The average molecular weight is 456 g/mol. The predicted octanol–water partition coefficient (Wildman–Crippen LogP) is 2.77. The third kappa shape index (κ3) is 5.16. The van der Waals surface area contributed by atoms with Crippen molar-refractivity contribution in [3.8, 4) is 5.75 Å². The second-order valence-electron chi connectivity index (χ2n) is 7.98. The number of ketones is 1. The fourth-order valence-electron chi connectivity index (χ4n) is 3.98. The molecule has 0 radical (unpaired) electrons. The smallest absolute Gasteiger partial charge is 0.190 e. The maximum absolute atomic E-state index is 14.0. The van der Waals surface area contributed by atoms with E-state index in [0.717, 1.165) is 50.6 Å². The highest BCUT2D eigenvalue weighted by atomic mass is 19.1. The Bertz CT molecular complexity index is 1100. The van der Waals surface area contributed by atoms with Gasteiger partial charge in [-0.1, -0.05) is 0 Å². The standard InChI is InChI=1S/C23H26F2N6O2/c1-16(23(32)20-8-3-17(24)15-21(20)25)31-22(26-27-28-31)9-10-29-11-13-30(14-12-29)18-4-6-19(33-2)7-5-18/h3-8,15-16H,9-14H2,1-2H3. The Labute approximate surface area is 190 Å². The molecular formula is C23H26F2N6O2. The molecule has 174 valence electrons. The Morgan fingerprint density at radius 1 is 1.09 bits per heavy atom. The minimum atomic E-state index is -0.892. The zero-order valence-corrected chi connectivity index (χ0v) is 18.6. The van der Waals surface area contributed by atoms with Gasteiger partial charge in [-0.3, -0.25) is 9.69 Å². The molecule has 8 nitrogen and oxygen atoms in total. The summed E-state index contributed by atoms with van der Waals surface area (Å²) in [4.78, 5) is 17.4. The zero-order chi connectivity index (χ0) is 23.4. The van der Waals surface area contributed by atoms with Gasteiger partial charge >= 0.3 is 0 Å². The lowest BCUT2D eigenvalue weighted by molar-refractivity contribution is 0.0920. The number of hydrogen-bond acceptors (Lipinski definition) is 7. The first-order chi connectivity index (χ1) is 16.0. The van der Waals surface area contributed by atoms with E-state index < -0.39 is 23.5 Å². The molecule has 2 aromatic carbocycles. The summed E-state index contributed by atoms with van der Waals surface area (Å²) in [7, 11) is 1.65. The Balaban J connectivity index is 1.33. The number of benzene rings is 2. The third-order valence-corrected chi connectivity index (χ3v) is 5.97. The molecule has 0 amide bonds. The highest BCUT2D eigenvalue weighted by Gasteiger charge is 2.25. The highest BCUT2D eigenvalue weighted by molar-refractivity contribution is 5.98. The van der Waals surface area contributed by atoms with Gasteiger partial charge < -0.3 is 9.64 Å². The molecule has 1 aliphatic rings. The molecule has 2 heterocycles. The van der Waals surface area contributed by atoms with Gasteiger partial charge in [0, 0.05) is 50.9 Å². The summed E-state index contributed by atoms with van der Waals surface area (Å²) >= 11 is 0. The monoisotopic (exact) mass is 456 g/mol. The first-order valence-electron chi connectivity index (χ1n) is 10.8. The molecule has 1 unspecified atom stereocenters. The normalized spacial score (nSPS) is 15.5. The number of aromatic nitrogens is 4. The van der Waals surface area contributed by atoms with E-state index in [1.54, 1.807) is 14.0 Å². The number of hydrogen-bond donors (Lipinski definition) is 0. The van der Waals surface area contributed by atoms with Crippen LogP contribution in [0.5, 0.6) is 5.75 Å². The van der Waals surface area contributed by atoms with Crippen LogP contribution in [0, 0.1) is 11.6 Å². The van der Waals surface area contributed by atoms with Crippen molar-refractivity contribution in [3.63, 3.8) is 0 Å². The van der Waals surface area contributed by atoms with Gasteiger partial charge in [0.25, 0.3) is 0 Å². The molecule has 0 N–H and O–H groups in total. The molecule has 0 bridgehead atoms. The molecule has 1 fully saturated rings. The second-order valence-corrected chi connectivity index (χ2v) is 7.98. The van der Waals surface area contributed by atoms with Crippen molar-refractivity contribution < 1.29 is 18.3 Å². The average Bonchev–Trinajstić information content (AvgIpc) is 3.31. The van der Waals surface area contributed by atoms with Crippen LogP contribution in [0.1, 0.15) is 29.1 Å². The summed E-state index contributed by atoms with van der Waals surface area (Å²) in [6.45, 7) is 5.93. The zero-order valence-electron chi connectivity index (χ0n) is 18.6. The van der Waals surface area contributed by atoms with Crippen molar-refractivity contribution in [2.75, 3.05) is 44.7 Å². The molecule has 1 aromatic heterocycles. The van der Waals surface area contributed by atoms with Crippen LogP contribution < -0.4 is 9.64 Å². The molecule has 10 heteroatoms. The number of carbonyl (C=O) groups is 1. The fourth-order valence-corrected chi connectivity index (χ4v) is 3.98. The Hall–Kier alpha value is -3.40. The number of rotatable bonds is 8. The van der Waals surface area contributed by atoms with Crippen LogP contribution in [0.2, 0.25) is 0 Å². The first kappa shape index (κ1) is 22.8. The van der Waals surface area contributed by atoms with Crippen LogP contribution in [-0.2, 0) is 6.42 Å². The van der Waals surface area contributed by atoms with Gasteiger partial charge in [-0.25, -0.2) is 13.5 Å². The molecule has 4 rings (SSSR count). The molecule has 0 aliphatic carbocycles. The lowest BCUT2D eigenvalue weighted by atomic mass is 10.0. The lowest BCUT2D eigenvalue weighted by Crippen LogP contribution is -2.47. The summed E-state index contributed by atoms with van der Waals surface area (Å²) in [5.74, 6) is -0.738. The maximum Gasteiger partial charge on any atom is 0.190 e. The van der Waals surface area contributed by atoms with Crippen LogP contribution in [0.15, 0.2) is 42.5 Å². The van der Waals surface area contributed by atoms with Crippen LogP contribution in [0.25, 0.3) is 0 Å². The maximum atomic E-state index is 14.0. The van der Waals surface area contributed by atoms with Gasteiger partial charge in [-0.2, -0.15) is 0 Å². The summed E-state index contributed by atoms with van der Waals surface area (Å²) in [5.41, 5.74) is 0.986. The van der Waals surface area contributed by atoms with Gasteiger partial charge in [0.2, 0.25) is 0 Å². The van der Waals surface area contributed by atoms with Crippen molar-refractivity contribution in [1.82, 2.24) is 25.1 Å². The van der Waals surface area contributed by atoms with E-state index in [1.807, 2.05) is 12.1 Å². The minimum Gasteiger partial charge on any atom is -0.497 e. The Kier molecular flexibility index (Phi) is 6.93. The number of tetrazole rings is 1. The molecule has 0 saturated carbocycles. The fraction of sp³-hybridized carbons (Fsp3) is 0.391. The van der Waals surface area contributed by atoms with E-state index in [9.17, 15) is 13.6 Å². The van der Waals surface area contributed by atoms with E-state index in [4.69, 9.17) is 4.74 Å². The van der Waals surface area contributed by atoms with Crippen molar-refractivity contribution in [2.45, 2.75) is 19.4 Å². The molecule has 1 saturated heterocycles. The van der Waals surface area contributed by atoms with Gasteiger partial charge in [-0.15, -0.1) is 5.10 Å². The van der Waals surface area contributed by atoms with E-state index in [-0.39, 0.29) is 5.56 Å². The number of ether oxygens (including phenoxy) is 1. The van der Waals surface area contributed by atoms with Crippen molar-refractivity contribution in [2.24, 2.45) is 0 Å². The topological polar surface area (TPSA) is 76.4 Å². The van der Waals surface area contributed by atoms with Crippen LogP contribution in [-0.4, -0.2) is 70.7 Å². The summed E-state index contributed by atoms with van der Waals surface area (Å²) < 4.78 is 33.9. The molecular weight excluding hydrogens is 430 g/mol. The van der Waals surface area contributed by atoms with Crippen molar-refractivity contribution in [3.05, 3.63) is 65.5 Å². The molecule has 1 atom stereocenters. The number of halogens is 2. The van der Waals surface area contributed by atoms with E-state index >= 15 is 0 Å². The molecule has 1 aliphatic heterocycles. The molecule has 33 heavy (non-hydrogen) atoms. The van der Waals surface area contributed by atoms with Crippen molar-refractivity contribution >= 4 is 11.5 Å². The predicted molar refractivity (Wildman–Crippen MR) is 119 cm³/mol. The van der Waals surface area contributed by atoms with Crippen LogP contribution >= 0.6 is 0 Å². The number of nitrogens with zero attached hydrogens (tertiary/aromatic N) is 6. The highest BCUT2D eigenvalue weighted by Crippen LogP contribution is 2.21. The Morgan fingerprint density at radius 2 is 1.82 bits per heavy atom. The Morgan fingerprint density at radius 3 is 2.48 bits per heavy atom. The summed E-state index contributed by atoms with van der Waals surface area (Å²) in [5, 5.41) is 11.7. The summed E-state index contributed by atoms with van der Waals surface area (Å²) in [6, 6.07) is 10.2.